The van der Waals surface area contributed by atoms with Crippen LogP contribution < -0.4 is 0 Å². The zero-order valence-corrected chi connectivity index (χ0v) is 45.5. The van der Waals surface area contributed by atoms with E-state index >= 15 is 0 Å². The minimum atomic E-state index is -0.766. The lowest BCUT2D eigenvalue weighted by atomic mass is 10.0. The van der Waals surface area contributed by atoms with Crippen molar-refractivity contribution >= 4 is 17.9 Å². The highest BCUT2D eigenvalue weighted by Crippen LogP contribution is 2.17. The molecule has 1 atom stereocenters. The molecule has 0 aliphatic rings. The first-order valence-corrected chi connectivity index (χ1v) is 30.2. The average Bonchev–Trinajstić information content (AvgIpc) is 3.33. The molecule has 0 heterocycles. The highest BCUT2D eigenvalue weighted by molar-refractivity contribution is 5.71. The second kappa shape index (κ2) is 56.7. The lowest BCUT2D eigenvalue weighted by Crippen LogP contribution is -2.30. The van der Waals surface area contributed by atoms with Crippen LogP contribution >= 0.6 is 0 Å². The van der Waals surface area contributed by atoms with Crippen molar-refractivity contribution in [2.24, 2.45) is 0 Å². The van der Waals surface area contributed by atoms with Gasteiger partial charge in [-0.25, -0.2) is 0 Å². The van der Waals surface area contributed by atoms with Crippen LogP contribution in [0.25, 0.3) is 0 Å². The Hall–Kier alpha value is -1.85. The molecule has 0 amide bonds. The minimum Gasteiger partial charge on any atom is -0.462 e. The van der Waals surface area contributed by atoms with Crippen LogP contribution in [0.1, 0.15) is 342 Å². The van der Waals surface area contributed by atoms with E-state index in [1.807, 2.05) is 0 Å². The molecule has 0 N–H and O–H groups in total. The standard InChI is InChI=1S/C61H116O6/c1-4-7-10-13-16-19-22-24-26-28-30-32-34-36-39-42-45-48-51-54-60(63)66-57-58(56-65-59(62)53-50-47-44-41-38-21-18-15-12-9-6-3)67-61(64)55-52-49-46-43-40-37-35-33-31-29-27-25-23-20-17-14-11-8-5-2/h28,30,58H,4-27,29,31-57H2,1-3H3/b30-28-. The maximum atomic E-state index is 12.9. The third kappa shape index (κ3) is 55.0. The maximum absolute atomic E-state index is 12.9. The maximum Gasteiger partial charge on any atom is 0.306 e. The van der Waals surface area contributed by atoms with Crippen molar-refractivity contribution in [3.05, 3.63) is 12.2 Å². The van der Waals surface area contributed by atoms with E-state index in [0.29, 0.717) is 19.3 Å². The third-order valence-electron chi connectivity index (χ3n) is 13.8. The minimum absolute atomic E-state index is 0.0654. The first-order chi connectivity index (χ1) is 33.0. The summed E-state index contributed by atoms with van der Waals surface area (Å²) in [5, 5.41) is 0. The first kappa shape index (κ1) is 65.1. The van der Waals surface area contributed by atoms with Crippen LogP contribution in [0, 0.1) is 0 Å². The summed E-state index contributed by atoms with van der Waals surface area (Å²) in [6, 6.07) is 0. The van der Waals surface area contributed by atoms with Gasteiger partial charge in [0, 0.05) is 19.3 Å². The summed E-state index contributed by atoms with van der Waals surface area (Å²) in [5.41, 5.74) is 0. The number of carbonyl (C=O) groups is 3. The molecule has 0 aliphatic heterocycles. The number of allylic oxidation sites excluding steroid dienone is 2. The quantitative estimate of drug-likeness (QED) is 0.0262. The second-order valence-electron chi connectivity index (χ2n) is 20.6. The molecule has 0 aromatic heterocycles. The van der Waals surface area contributed by atoms with Gasteiger partial charge in [-0.15, -0.1) is 0 Å². The smallest absolute Gasteiger partial charge is 0.306 e. The fourth-order valence-electron chi connectivity index (χ4n) is 9.21. The monoisotopic (exact) mass is 945 g/mol. The Balaban J connectivity index is 4.26. The van der Waals surface area contributed by atoms with Crippen molar-refractivity contribution in [3.8, 4) is 0 Å². The Bertz CT molecular complexity index is 1040. The Morgan fingerprint density at radius 3 is 0.746 bits per heavy atom. The van der Waals surface area contributed by atoms with Gasteiger partial charge in [0.25, 0.3) is 0 Å². The van der Waals surface area contributed by atoms with Gasteiger partial charge in [0.2, 0.25) is 0 Å². The average molecular weight is 946 g/mol. The summed E-state index contributed by atoms with van der Waals surface area (Å²) in [6.07, 6.45) is 65.0. The number of rotatable bonds is 56. The number of unbranched alkanes of at least 4 members (excludes halogenated alkanes) is 43. The van der Waals surface area contributed by atoms with E-state index < -0.39 is 6.10 Å². The fraction of sp³-hybridized carbons (Fsp3) is 0.918. The van der Waals surface area contributed by atoms with Gasteiger partial charge in [0.15, 0.2) is 6.10 Å². The van der Waals surface area contributed by atoms with Crippen molar-refractivity contribution in [3.63, 3.8) is 0 Å². The Morgan fingerprint density at radius 1 is 0.284 bits per heavy atom. The number of ether oxygens (including phenoxy) is 3. The highest BCUT2D eigenvalue weighted by atomic mass is 16.6. The van der Waals surface area contributed by atoms with Crippen LogP contribution in [-0.2, 0) is 28.6 Å². The van der Waals surface area contributed by atoms with Gasteiger partial charge in [-0.1, -0.05) is 290 Å². The van der Waals surface area contributed by atoms with Gasteiger partial charge in [-0.3, -0.25) is 14.4 Å². The van der Waals surface area contributed by atoms with Gasteiger partial charge in [-0.05, 0) is 44.9 Å². The summed E-state index contributed by atoms with van der Waals surface area (Å²) >= 11 is 0. The highest BCUT2D eigenvalue weighted by Gasteiger charge is 2.19. The van der Waals surface area contributed by atoms with Gasteiger partial charge in [0.1, 0.15) is 13.2 Å². The topological polar surface area (TPSA) is 78.9 Å². The summed E-state index contributed by atoms with van der Waals surface area (Å²) in [7, 11) is 0. The molecule has 396 valence electrons. The molecular formula is C61H116O6. The molecule has 6 nitrogen and oxygen atoms in total. The van der Waals surface area contributed by atoms with Crippen molar-refractivity contribution < 1.29 is 28.6 Å². The SMILES string of the molecule is CCCCCCCCCC/C=C\CCCCCCCCCC(=O)OCC(COC(=O)CCCCCCCCCCCCC)OC(=O)CCCCCCCCCCCCCCCCCCCCC. The molecule has 0 spiro atoms. The van der Waals surface area contributed by atoms with Crippen molar-refractivity contribution in [2.45, 2.75) is 348 Å². The largest absolute Gasteiger partial charge is 0.462 e. The Kier molecular flexibility index (Phi) is 55.2. The molecular weight excluding hydrogens is 829 g/mol. The van der Waals surface area contributed by atoms with E-state index in [0.717, 1.165) is 57.8 Å². The van der Waals surface area contributed by atoms with Gasteiger partial charge >= 0.3 is 17.9 Å². The number of hydrogen-bond donors (Lipinski definition) is 0. The molecule has 0 rings (SSSR count). The van der Waals surface area contributed by atoms with Crippen molar-refractivity contribution in [1.82, 2.24) is 0 Å². The van der Waals surface area contributed by atoms with Crippen LogP contribution in [0.4, 0.5) is 0 Å². The van der Waals surface area contributed by atoms with E-state index in [1.165, 1.54) is 244 Å². The second-order valence-corrected chi connectivity index (χ2v) is 20.6. The van der Waals surface area contributed by atoms with E-state index in [-0.39, 0.29) is 31.1 Å². The molecule has 1 unspecified atom stereocenters. The summed E-state index contributed by atoms with van der Waals surface area (Å²) < 4.78 is 16.9. The number of carbonyl (C=O) groups excluding carboxylic acids is 3. The molecule has 67 heavy (non-hydrogen) atoms. The Labute approximate surface area is 418 Å². The van der Waals surface area contributed by atoms with E-state index in [2.05, 4.69) is 32.9 Å². The van der Waals surface area contributed by atoms with Crippen LogP contribution in [-0.4, -0.2) is 37.2 Å². The predicted molar refractivity (Wildman–Crippen MR) is 289 cm³/mol. The number of hydrogen-bond acceptors (Lipinski definition) is 6. The molecule has 0 bridgehead atoms. The van der Waals surface area contributed by atoms with Crippen molar-refractivity contribution in [1.29, 1.82) is 0 Å². The zero-order valence-electron chi connectivity index (χ0n) is 45.5. The summed E-state index contributed by atoms with van der Waals surface area (Å²) in [5.74, 6) is -0.845. The predicted octanol–water partition coefficient (Wildman–Crippen LogP) is 20.1. The molecule has 0 aromatic rings. The van der Waals surface area contributed by atoms with Crippen LogP contribution in [0.5, 0.6) is 0 Å². The lowest BCUT2D eigenvalue weighted by molar-refractivity contribution is -0.167. The van der Waals surface area contributed by atoms with Gasteiger partial charge < -0.3 is 14.2 Å². The van der Waals surface area contributed by atoms with E-state index in [4.69, 9.17) is 14.2 Å². The van der Waals surface area contributed by atoms with E-state index in [9.17, 15) is 14.4 Å². The van der Waals surface area contributed by atoms with Crippen molar-refractivity contribution in [2.75, 3.05) is 13.2 Å². The van der Waals surface area contributed by atoms with Gasteiger partial charge in [0.05, 0.1) is 0 Å². The number of esters is 3. The zero-order chi connectivity index (χ0) is 48.6. The molecule has 0 saturated heterocycles. The molecule has 6 heteroatoms. The molecule has 0 aliphatic carbocycles. The van der Waals surface area contributed by atoms with Gasteiger partial charge in [-0.2, -0.15) is 0 Å². The van der Waals surface area contributed by atoms with E-state index in [1.54, 1.807) is 0 Å². The summed E-state index contributed by atoms with van der Waals surface area (Å²) in [4.78, 5) is 38.1. The fourth-order valence-corrected chi connectivity index (χ4v) is 9.21. The normalized spacial score (nSPS) is 12.0. The third-order valence-corrected chi connectivity index (χ3v) is 13.8. The lowest BCUT2D eigenvalue weighted by Gasteiger charge is -2.18. The van der Waals surface area contributed by atoms with Crippen LogP contribution in [0.2, 0.25) is 0 Å². The summed E-state index contributed by atoms with van der Waals surface area (Å²) in [6.45, 7) is 6.69. The molecule has 0 saturated carbocycles. The first-order valence-electron chi connectivity index (χ1n) is 30.2. The molecule has 0 aromatic carbocycles. The van der Waals surface area contributed by atoms with Crippen LogP contribution in [0.15, 0.2) is 12.2 Å². The Morgan fingerprint density at radius 2 is 0.493 bits per heavy atom. The molecule has 0 fully saturated rings. The molecule has 0 radical (unpaired) electrons. The van der Waals surface area contributed by atoms with Crippen LogP contribution in [0.3, 0.4) is 0 Å².